The number of nitrogens with one attached hydrogen (secondary N) is 2. The number of amides is 1. The zero-order valence-corrected chi connectivity index (χ0v) is 21.5. The molecule has 0 aliphatic carbocycles. The molecule has 10 nitrogen and oxygen atoms in total. The van der Waals surface area contributed by atoms with Gasteiger partial charge in [-0.15, -0.1) is 0 Å². The zero-order valence-electron chi connectivity index (χ0n) is 21.5. The van der Waals surface area contributed by atoms with Gasteiger partial charge in [0, 0.05) is 30.4 Å². The number of aromatic nitrogens is 5. The molecule has 3 aromatic heterocycles. The number of hydrogen-bond donors (Lipinski definition) is 2. The predicted molar refractivity (Wildman–Crippen MR) is 135 cm³/mol. The van der Waals surface area contributed by atoms with Crippen molar-refractivity contribution in [3.05, 3.63) is 48.1 Å². The van der Waals surface area contributed by atoms with Crippen LogP contribution in [0.4, 0.5) is 27.6 Å². The second kappa shape index (κ2) is 11.2. The van der Waals surface area contributed by atoms with E-state index in [2.05, 4.69) is 25.9 Å². The molecule has 15 heteroatoms. The number of piperidine rings is 1. The minimum atomic E-state index is -4.55. The van der Waals surface area contributed by atoms with Gasteiger partial charge in [0.15, 0.2) is 0 Å². The van der Waals surface area contributed by atoms with Gasteiger partial charge in [-0.2, -0.15) is 23.3 Å². The van der Waals surface area contributed by atoms with Gasteiger partial charge in [0.05, 0.1) is 42.1 Å². The Kier molecular flexibility index (Phi) is 7.74. The summed E-state index contributed by atoms with van der Waals surface area (Å²) in [4.78, 5) is 18.5. The molecule has 40 heavy (non-hydrogen) atoms. The Morgan fingerprint density at radius 3 is 2.85 bits per heavy atom. The number of carbonyl (C=O) groups excluding carboxylic acids is 1. The molecule has 0 saturated carbocycles. The van der Waals surface area contributed by atoms with Crippen molar-refractivity contribution < 1.29 is 31.3 Å². The Morgan fingerprint density at radius 2 is 2.10 bits per heavy atom. The summed E-state index contributed by atoms with van der Waals surface area (Å²) in [6, 6.07) is 5.87. The van der Waals surface area contributed by atoms with Crippen LogP contribution in [-0.4, -0.2) is 80.5 Å². The smallest absolute Gasteiger partial charge is 0.379 e. The van der Waals surface area contributed by atoms with Crippen LogP contribution in [0.5, 0.6) is 0 Å². The number of rotatable bonds is 9. The Labute approximate surface area is 225 Å². The molecule has 1 aromatic carbocycles. The van der Waals surface area contributed by atoms with Gasteiger partial charge in [-0.05, 0) is 31.7 Å². The maximum Gasteiger partial charge on any atom is 0.406 e. The van der Waals surface area contributed by atoms with Crippen molar-refractivity contribution in [2.45, 2.75) is 44.4 Å². The minimum absolute atomic E-state index is 0.00974. The van der Waals surface area contributed by atoms with E-state index in [4.69, 9.17) is 4.52 Å². The van der Waals surface area contributed by atoms with E-state index in [1.165, 1.54) is 23.1 Å². The lowest BCUT2D eigenvalue weighted by Crippen LogP contribution is -2.46. The monoisotopic (exact) mass is 566 g/mol. The Balaban J connectivity index is 1.40. The Bertz CT molecular complexity index is 1480. The van der Waals surface area contributed by atoms with Crippen LogP contribution in [0, 0.1) is 0 Å². The number of alkyl halides is 5. The summed E-state index contributed by atoms with van der Waals surface area (Å²) >= 11 is 0. The summed E-state index contributed by atoms with van der Waals surface area (Å²) in [5.41, 5.74) is 1.01. The number of benzene rings is 1. The lowest BCUT2D eigenvalue weighted by molar-refractivity contribution is -0.139. The summed E-state index contributed by atoms with van der Waals surface area (Å²) in [6.07, 6.45) is -2.48. The van der Waals surface area contributed by atoms with E-state index in [0.717, 1.165) is 4.57 Å². The predicted octanol–water partition coefficient (Wildman–Crippen LogP) is 3.80. The highest BCUT2D eigenvalue weighted by Crippen LogP contribution is 2.35. The molecule has 0 radical (unpaired) electrons. The van der Waals surface area contributed by atoms with Crippen molar-refractivity contribution in [3.63, 3.8) is 0 Å². The number of carbonyl (C=O) groups is 1. The molecule has 2 atom stereocenters. The molecule has 1 aliphatic heterocycles. The Morgan fingerprint density at radius 1 is 1.27 bits per heavy atom. The highest BCUT2D eigenvalue weighted by Gasteiger charge is 2.32. The summed E-state index contributed by atoms with van der Waals surface area (Å²) in [5, 5.41) is 13.9. The van der Waals surface area contributed by atoms with Gasteiger partial charge in [-0.1, -0.05) is 11.2 Å². The number of likely N-dealkylation sites (tertiary alicyclic amines) is 1. The van der Waals surface area contributed by atoms with Gasteiger partial charge in [-0.25, -0.2) is 8.78 Å². The molecule has 0 unspecified atom stereocenters. The zero-order chi connectivity index (χ0) is 28.4. The van der Waals surface area contributed by atoms with Crippen molar-refractivity contribution in [1.82, 2.24) is 34.7 Å². The fourth-order valence-electron chi connectivity index (χ4n) is 4.74. The van der Waals surface area contributed by atoms with Gasteiger partial charge in [0.25, 0.3) is 5.91 Å². The van der Waals surface area contributed by atoms with Crippen molar-refractivity contribution >= 4 is 22.5 Å². The quantitative estimate of drug-likeness (QED) is 0.297. The second-order valence-corrected chi connectivity index (χ2v) is 9.66. The van der Waals surface area contributed by atoms with E-state index in [1.54, 1.807) is 18.2 Å². The fourth-order valence-corrected chi connectivity index (χ4v) is 4.74. The first-order valence-corrected chi connectivity index (χ1v) is 12.6. The molecule has 0 spiro atoms. The van der Waals surface area contributed by atoms with E-state index in [-0.39, 0.29) is 48.1 Å². The van der Waals surface area contributed by atoms with Crippen LogP contribution in [0.3, 0.4) is 0 Å². The number of aryl methyl sites for hydroxylation is 1. The van der Waals surface area contributed by atoms with Gasteiger partial charge in [-0.3, -0.25) is 9.48 Å². The van der Waals surface area contributed by atoms with Crippen molar-refractivity contribution in [2.75, 3.05) is 32.1 Å². The molecule has 1 fully saturated rings. The van der Waals surface area contributed by atoms with Gasteiger partial charge < -0.3 is 24.6 Å². The van der Waals surface area contributed by atoms with Gasteiger partial charge >= 0.3 is 6.18 Å². The molecular formula is C25H27F5N8O2. The van der Waals surface area contributed by atoms with Gasteiger partial charge in [0.1, 0.15) is 19.4 Å². The largest absolute Gasteiger partial charge is 0.406 e. The maximum absolute atomic E-state index is 14.7. The molecular weight excluding hydrogens is 539 g/mol. The van der Waals surface area contributed by atoms with Crippen LogP contribution >= 0.6 is 0 Å². The van der Waals surface area contributed by atoms with E-state index < -0.39 is 37.5 Å². The normalized spacial score (nSPS) is 18.4. The van der Waals surface area contributed by atoms with Crippen LogP contribution in [0.1, 0.15) is 22.7 Å². The number of hydrogen-bond acceptors (Lipinski definition) is 7. The third kappa shape index (κ3) is 6.08. The first-order chi connectivity index (χ1) is 19.1. The molecule has 4 aromatic rings. The first kappa shape index (κ1) is 27.6. The van der Waals surface area contributed by atoms with E-state index in [0.29, 0.717) is 24.0 Å². The lowest BCUT2D eigenvalue weighted by atomic mass is 10.0. The standard InChI is InChI=1S/C25H27F5N8O2/c1-36-7-5-19(17(27)13-36)33-18-3-2-4-20-16(18)9-21(38(20)14-25(28,29)30)23-34-22(40-35-23)11-31-24(39)15-10-32-37(12-15)8-6-26/h2-4,9-10,12,17,19,33H,5-8,11,13-14H2,1H3,(H,31,39)/t17-,19+/m0/s1. The molecule has 1 aliphatic rings. The molecule has 214 valence electrons. The second-order valence-electron chi connectivity index (χ2n) is 9.66. The van der Waals surface area contributed by atoms with Crippen LogP contribution < -0.4 is 10.6 Å². The maximum atomic E-state index is 14.7. The Hall–Kier alpha value is -4.01. The topological polar surface area (TPSA) is 106 Å². The first-order valence-electron chi connectivity index (χ1n) is 12.6. The SMILES string of the molecule is CN1CC[C@@H](Nc2cccc3c2cc(-c2noc(CNC(=O)c4cnn(CCF)c4)n2)n3CC(F)(F)F)[C@@H](F)C1. The summed E-state index contributed by atoms with van der Waals surface area (Å²) in [5.74, 6) is -0.658. The van der Waals surface area contributed by atoms with Crippen LogP contribution in [-0.2, 0) is 19.6 Å². The van der Waals surface area contributed by atoms with Crippen molar-refractivity contribution in [1.29, 1.82) is 0 Å². The number of fused-ring (bicyclic) bond motifs is 1. The molecule has 1 amide bonds. The average Bonchev–Trinajstić information content (AvgIpc) is 3.63. The molecule has 1 saturated heterocycles. The third-order valence-corrected chi connectivity index (χ3v) is 6.67. The summed E-state index contributed by atoms with van der Waals surface area (Å²) in [7, 11) is 1.83. The lowest BCUT2D eigenvalue weighted by Gasteiger charge is -2.33. The molecule has 4 heterocycles. The highest BCUT2D eigenvalue weighted by atomic mass is 19.4. The molecule has 5 rings (SSSR count). The minimum Gasteiger partial charge on any atom is -0.379 e. The van der Waals surface area contributed by atoms with E-state index in [9.17, 15) is 26.7 Å². The van der Waals surface area contributed by atoms with Crippen molar-refractivity contribution in [2.24, 2.45) is 0 Å². The highest BCUT2D eigenvalue weighted by molar-refractivity contribution is 5.96. The molecule has 2 N–H and O–H groups in total. The molecule has 0 bridgehead atoms. The number of anilines is 1. The van der Waals surface area contributed by atoms with Gasteiger partial charge in [0.2, 0.25) is 11.7 Å². The van der Waals surface area contributed by atoms with Crippen LogP contribution in [0.2, 0.25) is 0 Å². The average molecular weight is 567 g/mol. The van der Waals surface area contributed by atoms with E-state index >= 15 is 0 Å². The van der Waals surface area contributed by atoms with E-state index in [1.807, 2.05) is 11.9 Å². The fraction of sp³-hybridized carbons (Fsp3) is 0.440. The summed E-state index contributed by atoms with van der Waals surface area (Å²) < 4.78 is 75.5. The van der Waals surface area contributed by atoms with Crippen LogP contribution in [0.25, 0.3) is 22.4 Å². The third-order valence-electron chi connectivity index (χ3n) is 6.67. The van der Waals surface area contributed by atoms with Crippen LogP contribution in [0.15, 0.2) is 41.2 Å². The number of nitrogens with zero attached hydrogens (tertiary/aromatic N) is 6. The summed E-state index contributed by atoms with van der Waals surface area (Å²) in [6.45, 7) is -1.17. The van der Waals surface area contributed by atoms with Crippen molar-refractivity contribution in [3.8, 4) is 11.5 Å². The number of halogens is 5.